The number of hydrogen-bond donors (Lipinski definition) is 0. The van der Waals surface area contributed by atoms with Crippen molar-refractivity contribution in [3.8, 4) is 0 Å². The number of Topliss-reactive ketones (excluding diaryl/α,β-unsaturated/α-hetero) is 1. The molecule has 0 heterocycles. The molecule has 0 N–H and O–H groups in total. The smallest absolute Gasteiger partial charge is 0.146 e. The van der Waals surface area contributed by atoms with Crippen molar-refractivity contribution in [2.45, 2.75) is 194 Å². The highest BCUT2D eigenvalue weighted by atomic mass is 16.5. The maximum Gasteiger partial charge on any atom is 0.146 e. The average Bonchev–Trinajstić information content (AvgIpc) is 3.04. The number of carbonyl (C=O) groups excluding carboxylic acids is 1. The van der Waals surface area contributed by atoms with E-state index < -0.39 is 0 Å². The van der Waals surface area contributed by atoms with E-state index in [9.17, 15) is 0 Å². The van der Waals surface area contributed by atoms with Gasteiger partial charge in [-0.3, -0.25) is 4.79 Å². The van der Waals surface area contributed by atoms with E-state index >= 15 is 4.79 Å². The van der Waals surface area contributed by atoms with E-state index in [1.807, 2.05) is 0 Å². The molecule has 0 amide bonds. The number of hydrogen-bond acceptors (Lipinski definition) is 3. The van der Waals surface area contributed by atoms with Crippen molar-refractivity contribution in [3.63, 3.8) is 0 Å². The van der Waals surface area contributed by atoms with E-state index in [-0.39, 0.29) is 23.0 Å². The molecular weight excluding hydrogens is 516 g/mol. The number of ether oxygens (including phenoxy) is 2. The summed E-state index contributed by atoms with van der Waals surface area (Å²) in [5.41, 5.74) is -0.314. The highest BCUT2D eigenvalue weighted by molar-refractivity contribution is 5.92. The standard InChI is InChI=1S/C39H70O3/c1-5-41-31(3)27-29-38(33-19-11-7-12-20-33,34-21-13-8-14-22-34)37(40)39(30-28-32(4)42-6-2,35-23-15-9-16-24-35)36-25-17-10-18-26-36/h31-36H,5-30H2,1-4H3. The fourth-order valence-electron chi connectivity index (χ4n) is 11.0. The normalized spacial score (nSPS) is 24.5. The topological polar surface area (TPSA) is 35.5 Å². The van der Waals surface area contributed by atoms with Crippen LogP contribution in [0.3, 0.4) is 0 Å². The van der Waals surface area contributed by atoms with Crippen molar-refractivity contribution in [1.29, 1.82) is 0 Å². The van der Waals surface area contributed by atoms with E-state index in [1.165, 1.54) is 128 Å². The molecule has 4 saturated carbocycles. The Balaban J connectivity index is 1.85. The third kappa shape index (κ3) is 8.05. The van der Waals surface area contributed by atoms with Gasteiger partial charge < -0.3 is 9.47 Å². The van der Waals surface area contributed by atoms with Gasteiger partial charge in [0, 0.05) is 24.0 Å². The zero-order valence-corrected chi connectivity index (χ0v) is 28.6. The molecule has 0 aromatic rings. The zero-order valence-electron chi connectivity index (χ0n) is 28.6. The molecule has 0 radical (unpaired) electrons. The van der Waals surface area contributed by atoms with Gasteiger partial charge in [-0.25, -0.2) is 0 Å². The van der Waals surface area contributed by atoms with Crippen LogP contribution in [0.15, 0.2) is 0 Å². The monoisotopic (exact) mass is 587 g/mol. The lowest BCUT2D eigenvalue weighted by Gasteiger charge is -2.57. The van der Waals surface area contributed by atoms with Gasteiger partial charge in [-0.05, 0) is 128 Å². The summed E-state index contributed by atoms with van der Waals surface area (Å²) in [6, 6.07) is 0. The van der Waals surface area contributed by atoms with Gasteiger partial charge in [0.25, 0.3) is 0 Å². The Kier molecular flexibility index (Phi) is 14.2. The van der Waals surface area contributed by atoms with Gasteiger partial charge >= 0.3 is 0 Å². The minimum atomic E-state index is -0.157. The van der Waals surface area contributed by atoms with Crippen LogP contribution in [0.25, 0.3) is 0 Å². The van der Waals surface area contributed by atoms with Gasteiger partial charge in [0.2, 0.25) is 0 Å². The third-order valence-electron chi connectivity index (χ3n) is 13.0. The Hall–Kier alpha value is -0.410. The lowest BCUT2D eigenvalue weighted by molar-refractivity contribution is -0.164. The second-order valence-electron chi connectivity index (χ2n) is 15.4. The minimum Gasteiger partial charge on any atom is -0.379 e. The number of rotatable bonds is 16. The van der Waals surface area contributed by atoms with Crippen LogP contribution in [0.2, 0.25) is 0 Å². The zero-order chi connectivity index (χ0) is 29.8. The largest absolute Gasteiger partial charge is 0.379 e. The van der Waals surface area contributed by atoms with Crippen molar-refractivity contribution < 1.29 is 14.3 Å². The molecule has 4 aliphatic rings. The molecule has 244 valence electrons. The van der Waals surface area contributed by atoms with E-state index in [0.29, 0.717) is 23.7 Å². The quantitative estimate of drug-likeness (QED) is 0.180. The van der Waals surface area contributed by atoms with E-state index in [4.69, 9.17) is 9.47 Å². The molecule has 2 unspecified atom stereocenters. The fraction of sp³-hybridized carbons (Fsp3) is 0.974. The summed E-state index contributed by atoms with van der Waals surface area (Å²) in [4.78, 5) is 16.5. The average molecular weight is 587 g/mol. The molecule has 0 saturated heterocycles. The minimum absolute atomic E-state index is 0.157. The summed E-state index contributed by atoms with van der Waals surface area (Å²) in [6.07, 6.45) is 31.1. The van der Waals surface area contributed by atoms with Crippen molar-refractivity contribution >= 4 is 5.78 Å². The lowest BCUT2D eigenvalue weighted by Crippen LogP contribution is -2.58. The van der Waals surface area contributed by atoms with E-state index in [1.54, 1.807) is 0 Å². The first-order chi connectivity index (χ1) is 20.5. The van der Waals surface area contributed by atoms with Crippen LogP contribution in [0.4, 0.5) is 0 Å². The van der Waals surface area contributed by atoms with Crippen LogP contribution >= 0.6 is 0 Å². The van der Waals surface area contributed by atoms with Crippen molar-refractivity contribution in [2.75, 3.05) is 13.2 Å². The summed E-state index contributed by atoms with van der Waals surface area (Å²) < 4.78 is 12.4. The molecule has 4 aliphatic carbocycles. The van der Waals surface area contributed by atoms with Gasteiger partial charge in [-0.15, -0.1) is 0 Å². The first-order valence-electron chi connectivity index (χ1n) is 19.3. The molecule has 4 rings (SSSR count). The molecule has 0 spiro atoms. The number of ketones is 1. The molecule has 2 atom stereocenters. The van der Waals surface area contributed by atoms with E-state index in [2.05, 4.69) is 27.7 Å². The van der Waals surface area contributed by atoms with Gasteiger partial charge in [0.1, 0.15) is 5.78 Å². The first kappa shape index (κ1) is 34.5. The molecule has 4 fully saturated rings. The predicted octanol–water partition coefficient (Wildman–Crippen LogP) is 11.3. The van der Waals surface area contributed by atoms with Crippen LogP contribution in [0.1, 0.15) is 182 Å². The van der Waals surface area contributed by atoms with Crippen LogP contribution < -0.4 is 0 Å². The second-order valence-corrected chi connectivity index (χ2v) is 15.4. The van der Waals surface area contributed by atoms with Gasteiger partial charge in [-0.2, -0.15) is 0 Å². The Morgan fingerprint density at radius 1 is 0.524 bits per heavy atom. The summed E-state index contributed by atoms with van der Waals surface area (Å²) >= 11 is 0. The second kappa shape index (κ2) is 17.3. The molecule has 3 heteroatoms. The van der Waals surface area contributed by atoms with Gasteiger partial charge in [-0.1, -0.05) is 77.0 Å². The molecule has 0 bridgehead atoms. The Morgan fingerprint density at radius 2 is 0.786 bits per heavy atom. The van der Waals surface area contributed by atoms with Crippen LogP contribution in [0, 0.1) is 34.5 Å². The maximum absolute atomic E-state index is 16.5. The molecule has 0 aromatic carbocycles. The predicted molar refractivity (Wildman–Crippen MR) is 177 cm³/mol. The summed E-state index contributed by atoms with van der Waals surface area (Å²) in [5, 5.41) is 0. The lowest BCUT2D eigenvalue weighted by atomic mass is 9.45. The molecule has 0 aromatic heterocycles. The van der Waals surface area contributed by atoms with Crippen molar-refractivity contribution in [1.82, 2.24) is 0 Å². The Bertz CT molecular complexity index is 654. The van der Waals surface area contributed by atoms with Crippen molar-refractivity contribution in [3.05, 3.63) is 0 Å². The van der Waals surface area contributed by atoms with Crippen LogP contribution in [-0.4, -0.2) is 31.2 Å². The third-order valence-corrected chi connectivity index (χ3v) is 13.0. The highest BCUT2D eigenvalue weighted by Crippen LogP contribution is 2.62. The molecule has 42 heavy (non-hydrogen) atoms. The maximum atomic E-state index is 16.5. The van der Waals surface area contributed by atoms with Crippen molar-refractivity contribution in [2.24, 2.45) is 34.5 Å². The fourth-order valence-corrected chi connectivity index (χ4v) is 11.0. The highest BCUT2D eigenvalue weighted by Gasteiger charge is 2.61. The summed E-state index contributed by atoms with van der Waals surface area (Å²) in [5.74, 6) is 3.11. The first-order valence-corrected chi connectivity index (χ1v) is 19.3. The Morgan fingerprint density at radius 3 is 1.02 bits per heavy atom. The van der Waals surface area contributed by atoms with E-state index in [0.717, 1.165) is 44.7 Å². The Labute approximate surface area is 261 Å². The van der Waals surface area contributed by atoms with Crippen LogP contribution in [0.5, 0.6) is 0 Å². The number of carbonyl (C=O) groups is 1. The SMILES string of the molecule is CCOC(C)CCC(C(=O)C(CCC(C)OCC)(C1CCCCC1)C1CCCCC1)(C1CCCCC1)C1CCCCC1. The summed E-state index contributed by atoms with van der Waals surface area (Å²) in [7, 11) is 0. The van der Waals surface area contributed by atoms with Crippen LogP contribution in [-0.2, 0) is 14.3 Å². The molecular formula is C39H70O3. The summed E-state index contributed by atoms with van der Waals surface area (Å²) in [6.45, 7) is 10.4. The van der Waals surface area contributed by atoms with Gasteiger partial charge in [0.15, 0.2) is 0 Å². The van der Waals surface area contributed by atoms with Gasteiger partial charge in [0.05, 0.1) is 12.2 Å². The molecule has 0 aliphatic heterocycles. The molecule has 3 nitrogen and oxygen atoms in total.